The highest BCUT2D eigenvalue weighted by Gasteiger charge is 2.10. The summed E-state index contributed by atoms with van der Waals surface area (Å²) in [4.78, 5) is 27.5. The second-order valence-electron chi connectivity index (χ2n) is 6.58. The fourth-order valence-corrected chi connectivity index (χ4v) is 1.86. The molecule has 0 aliphatic heterocycles. The van der Waals surface area contributed by atoms with Gasteiger partial charge in [-0.15, -0.1) is 0 Å². The number of ketones is 1. The van der Waals surface area contributed by atoms with Crippen LogP contribution in [0.5, 0.6) is 0 Å². The topological polar surface area (TPSA) is 52.7 Å². The third-order valence-electron chi connectivity index (χ3n) is 3.30. The summed E-state index contributed by atoms with van der Waals surface area (Å²) in [6.45, 7) is 8.13. The van der Waals surface area contributed by atoms with Gasteiger partial charge in [0.2, 0.25) is 5.91 Å². The quantitative estimate of drug-likeness (QED) is 0.588. The van der Waals surface area contributed by atoms with Crippen molar-refractivity contribution in [1.82, 2.24) is 15.1 Å². The molecule has 23 heavy (non-hydrogen) atoms. The van der Waals surface area contributed by atoms with Gasteiger partial charge in [-0.1, -0.05) is 19.1 Å². The fraction of sp³-hybridized carbons (Fsp3) is 0.667. The molecule has 0 spiro atoms. The smallest absolute Gasteiger partial charge is 0.243 e. The summed E-state index contributed by atoms with van der Waals surface area (Å²) < 4.78 is 0. The third kappa shape index (κ3) is 12.7. The minimum Gasteiger partial charge on any atom is -0.350 e. The molecule has 0 aromatic heterocycles. The van der Waals surface area contributed by atoms with Crippen molar-refractivity contribution in [3.05, 3.63) is 24.3 Å². The van der Waals surface area contributed by atoms with Gasteiger partial charge in [0.15, 0.2) is 5.78 Å². The second-order valence-corrected chi connectivity index (χ2v) is 6.58. The molecule has 0 aromatic carbocycles. The van der Waals surface area contributed by atoms with Crippen LogP contribution in [-0.4, -0.2) is 68.3 Å². The SMILES string of the molecule is CC(C)NC(=O)/C=C/CN(C)CCC(C)C(=O)/C=C/CN(C)C. The Morgan fingerprint density at radius 2 is 1.61 bits per heavy atom. The molecular formula is C18H33N3O2. The van der Waals surface area contributed by atoms with Crippen LogP contribution < -0.4 is 5.32 Å². The van der Waals surface area contributed by atoms with E-state index in [1.54, 1.807) is 12.2 Å². The number of allylic oxidation sites excluding steroid dienone is 1. The molecule has 0 aliphatic rings. The van der Waals surface area contributed by atoms with E-state index in [0.717, 1.165) is 19.5 Å². The van der Waals surface area contributed by atoms with E-state index in [0.29, 0.717) is 6.54 Å². The Labute approximate surface area is 141 Å². The first-order chi connectivity index (χ1) is 10.7. The summed E-state index contributed by atoms with van der Waals surface area (Å²) >= 11 is 0. The maximum Gasteiger partial charge on any atom is 0.243 e. The molecule has 0 saturated carbocycles. The Kier molecular flexibility index (Phi) is 11.3. The lowest BCUT2D eigenvalue weighted by molar-refractivity contribution is -0.118. The largest absolute Gasteiger partial charge is 0.350 e. The molecule has 1 amide bonds. The standard InChI is InChI=1S/C18H33N3O2/c1-15(2)19-18(23)10-8-13-21(6)14-11-16(3)17(22)9-7-12-20(4)5/h7-10,15-16H,11-14H2,1-6H3,(H,19,23)/b9-7+,10-8+. The minimum absolute atomic E-state index is 0.0177. The zero-order valence-electron chi connectivity index (χ0n) is 15.5. The van der Waals surface area contributed by atoms with E-state index >= 15 is 0 Å². The van der Waals surface area contributed by atoms with E-state index in [9.17, 15) is 9.59 Å². The van der Waals surface area contributed by atoms with E-state index < -0.39 is 0 Å². The van der Waals surface area contributed by atoms with Gasteiger partial charge in [-0.05, 0) is 54.0 Å². The fourth-order valence-electron chi connectivity index (χ4n) is 1.86. The van der Waals surface area contributed by atoms with Crippen LogP contribution >= 0.6 is 0 Å². The predicted molar refractivity (Wildman–Crippen MR) is 96.4 cm³/mol. The molecule has 0 bridgehead atoms. The van der Waals surface area contributed by atoms with Crippen LogP contribution in [0.4, 0.5) is 0 Å². The average molecular weight is 323 g/mol. The van der Waals surface area contributed by atoms with E-state index in [1.807, 2.05) is 59.0 Å². The molecule has 0 fully saturated rings. The van der Waals surface area contributed by atoms with Crippen LogP contribution in [0.2, 0.25) is 0 Å². The molecule has 0 aliphatic carbocycles. The van der Waals surface area contributed by atoms with Crippen LogP contribution in [0.3, 0.4) is 0 Å². The number of likely N-dealkylation sites (N-methyl/N-ethyl adjacent to an activating group) is 2. The van der Waals surface area contributed by atoms with E-state index in [2.05, 4.69) is 10.2 Å². The molecule has 5 heteroatoms. The molecule has 1 N–H and O–H groups in total. The Morgan fingerprint density at radius 3 is 2.17 bits per heavy atom. The molecule has 1 unspecified atom stereocenters. The highest BCUT2D eigenvalue weighted by atomic mass is 16.1. The third-order valence-corrected chi connectivity index (χ3v) is 3.30. The van der Waals surface area contributed by atoms with Crippen molar-refractivity contribution in [2.24, 2.45) is 5.92 Å². The van der Waals surface area contributed by atoms with Crippen LogP contribution in [0.15, 0.2) is 24.3 Å². The lowest BCUT2D eigenvalue weighted by Gasteiger charge is -2.16. The number of hydrogen-bond donors (Lipinski definition) is 1. The highest BCUT2D eigenvalue weighted by molar-refractivity contribution is 5.91. The van der Waals surface area contributed by atoms with Crippen LogP contribution in [-0.2, 0) is 9.59 Å². The molecule has 0 rings (SSSR count). The number of nitrogens with one attached hydrogen (secondary N) is 1. The zero-order valence-corrected chi connectivity index (χ0v) is 15.5. The van der Waals surface area contributed by atoms with Gasteiger partial charge in [-0.3, -0.25) is 9.59 Å². The number of carbonyl (C=O) groups is 2. The molecule has 132 valence electrons. The maximum atomic E-state index is 12.0. The summed E-state index contributed by atoms with van der Waals surface area (Å²) in [6.07, 6.45) is 7.81. The van der Waals surface area contributed by atoms with Crippen molar-refractivity contribution in [1.29, 1.82) is 0 Å². The van der Waals surface area contributed by atoms with Gasteiger partial charge >= 0.3 is 0 Å². The normalized spacial score (nSPS) is 13.6. The van der Waals surface area contributed by atoms with E-state index in [4.69, 9.17) is 0 Å². The van der Waals surface area contributed by atoms with E-state index in [-0.39, 0.29) is 23.7 Å². The molecule has 1 atom stereocenters. The molecular weight excluding hydrogens is 290 g/mol. The summed E-state index contributed by atoms with van der Waals surface area (Å²) in [5, 5.41) is 2.81. The zero-order chi connectivity index (χ0) is 17.8. The van der Waals surface area contributed by atoms with Gasteiger partial charge in [-0.25, -0.2) is 0 Å². The summed E-state index contributed by atoms with van der Waals surface area (Å²) in [7, 11) is 5.94. The molecule has 5 nitrogen and oxygen atoms in total. The summed E-state index contributed by atoms with van der Waals surface area (Å²) in [5.74, 6) is 0.124. The Morgan fingerprint density at radius 1 is 1.00 bits per heavy atom. The number of hydrogen-bond acceptors (Lipinski definition) is 4. The first-order valence-corrected chi connectivity index (χ1v) is 8.23. The van der Waals surface area contributed by atoms with Gasteiger partial charge in [0.05, 0.1) is 0 Å². The van der Waals surface area contributed by atoms with Crippen LogP contribution in [0.1, 0.15) is 27.2 Å². The van der Waals surface area contributed by atoms with Crippen molar-refractivity contribution in [3.63, 3.8) is 0 Å². The minimum atomic E-state index is -0.0667. The van der Waals surface area contributed by atoms with E-state index in [1.165, 1.54) is 0 Å². The number of amides is 1. The van der Waals surface area contributed by atoms with Gasteiger partial charge in [0, 0.05) is 31.1 Å². The number of nitrogens with zero attached hydrogens (tertiary/aromatic N) is 2. The molecule has 0 aromatic rings. The number of carbonyl (C=O) groups excluding carboxylic acids is 2. The van der Waals surface area contributed by atoms with Gasteiger partial charge in [-0.2, -0.15) is 0 Å². The van der Waals surface area contributed by atoms with Crippen molar-refractivity contribution in [3.8, 4) is 0 Å². The van der Waals surface area contributed by atoms with Crippen molar-refractivity contribution >= 4 is 11.7 Å². The Hall–Kier alpha value is -1.46. The number of rotatable bonds is 11. The predicted octanol–water partition coefficient (Wildman–Crippen LogP) is 1.71. The average Bonchev–Trinajstić information content (AvgIpc) is 2.43. The highest BCUT2D eigenvalue weighted by Crippen LogP contribution is 2.05. The lowest BCUT2D eigenvalue weighted by atomic mass is 10.0. The summed E-state index contributed by atoms with van der Waals surface area (Å²) in [5.41, 5.74) is 0. The lowest BCUT2D eigenvalue weighted by Crippen LogP contribution is -2.28. The van der Waals surface area contributed by atoms with Gasteiger partial charge in [0.25, 0.3) is 0 Å². The Bertz CT molecular complexity index is 414. The van der Waals surface area contributed by atoms with Crippen LogP contribution in [0.25, 0.3) is 0 Å². The molecule has 0 radical (unpaired) electrons. The molecule has 0 saturated heterocycles. The van der Waals surface area contributed by atoms with Crippen molar-refractivity contribution in [2.45, 2.75) is 33.2 Å². The first kappa shape index (κ1) is 21.5. The van der Waals surface area contributed by atoms with Gasteiger partial charge < -0.3 is 15.1 Å². The first-order valence-electron chi connectivity index (χ1n) is 8.23. The monoisotopic (exact) mass is 323 g/mol. The van der Waals surface area contributed by atoms with Crippen molar-refractivity contribution in [2.75, 3.05) is 40.8 Å². The second kappa shape index (κ2) is 12.0. The summed E-state index contributed by atoms with van der Waals surface area (Å²) in [6, 6.07) is 0.150. The Balaban J connectivity index is 4.01. The van der Waals surface area contributed by atoms with Gasteiger partial charge in [0.1, 0.15) is 0 Å². The molecule has 0 heterocycles. The van der Waals surface area contributed by atoms with Crippen LogP contribution in [0, 0.1) is 5.92 Å². The maximum absolute atomic E-state index is 12.0. The van der Waals surface area contributed by atoms with Crippen molar-refractivity contribution < 1.29 is 9.59 Å².